The van der Waals surface area contributed by atoms with E-state index in [0.29, 0.717) is 18.2 Å². The van der Waals surface area contributed by atoms with E-state index in [1.807, 2.05) is 6.07 Å². The van der Waals surface area contributed by atoms with Crippen molar-refractivity contribution in [2.45, 2.75) is 12.2 Å². The summed E-state index contributed by atoms with van der Waals surface area (Å²) in [6.07, 6.45) is 0.189. The molecule has 2 atom stereocenters. The van der Waals surface area contributed by atoms with Crippen molar-refractivity contribution >= 4 is 18.1 Å². The molecule has 0 bridgehead atoms. The minimum absolute atomic E-state index is 0.0760. The highest BCUT2D eigenvalue weighted by molar-refractivity contribution is 6.18. The Morgan fingerprint density at radius 3 is 2.59 bits per heavy atom. The first kappa shape index (κ1) is 13.6. The van der Waals surface area contributed by atoms with Crippen LogP contribution in [0.3, 0.4) is 0 Å². The summed E-state index contributed by atoms with van der Waals surface area (Å²) in [6.45, 7) is 0.189. The number of hydrogen-bond acceptors (Lipinski definition) is 4. The molecular weight excluding hydrogens is 248 g/mol. The highest BCUT2D eigenvalue weighted by atomic mass is 35.5. The number of aromatic hydroxyl groups is 1. The molecule has 1 aliphatic heterocycles. The number of alkyl halides is 1. The van der Waals surface area contributed by atoms with Gasteiger partial charge in [0, 0.05) is 0 Å². The zero-order valence-corrected chi connectivity index (χ0v) is 9.71. The Balaban J connectivity index is 0.000000437. The van der Waals surface area contributed by atoms with Crippen molar-refractivity contribution in [3.05, 3.63) is 24.3 Å². The zero-order chi connectivity index (χ0) is 12.7. The molecule has 2 N–H and O–H groups in total. The quantitative estimate of drug-likeness (QED) is 0.487. The number of ether oxygens (including phenoxy) is 2. The van der Waals surface area contributed by atoms with Crippen LogP contribution < -0.4 is 4.74 Å². The Hall–Kier alpha value is -1.46. The molecule has 0 amide bonds. The lowest BCUT2D eigenvalue weighted by Gasteiger charge is -2.05. The van der Waals surface area contributed by atoms with Gasteiger partial charge in [-0.1, -0.05) is 12.1 Å². The Bertz CT molecular complexity index is 357. The largest absolute Gasteiger partial charge is 0.504 e. The van der Waals surface area contributed by atoms with Crippen LogP contribution in [-0.4, -0.2) is 41.4 Å². The first-order valence-electron chi connectivity index (χ1n) is 4.93. The molecule has 1 fully saturated rings. The van der Waals surface area contributed by atoms with E-state index in [1.165, 1.54) is 0 Å². The molecule has 1 saturated heterocycles. The van der Waals surface area contributed by atoms with Crippen molar-refractivity contribution in [2.24, 2.45) is 0 Å². The number of carbonyl (C=O) groups is 1. The van der Waals surface area contributed by atoms with Gasteiger partial charge in [0.05, 0.1) is 5.88 Å². The predicted molar refractivity (Wildman–Crippen MR) is 61.7 cm³/mol. The maximum atomic E-state index is 9.38. The van der Waals surface area contributed by atoms with Gasteiger partial charge in [0.2, 0.25) is 0 Å². The lowest BCUT2D eigenvalue weighted by atomic mass is 10.3. The number of halogens is 1. The van der Waals surface area contributed by atoms with Crippen LogP contribution >= 0.6 is 11.6 Å². The van der Waals surface area contributed by atoms with Crippen LogP contribution in [0, 0.1) is 0 Å². The molecule has 0 saturated carbocycles. The Morgan fingerprint density at radius 2 is 2.06 bits per heavy atom. The first-order valence-corrected chi connectivity index (χ1v) is 5.46. The van der Waals surface area contributed by atoms with Gasteiger partial charge in [0.15, 0.2) is 11.5 Å². The SMILES string of the molecule is O=CO.Oc1ccccc1OCC1OC1CCl. The second-order valence-corrected chi connectivity index (χ2v) is 3.56. The fourth-order valence-electron chi connectivity index (χ4n) is 1.21. The highest BCUT2D eigenvalue weighted by Crippen LogP contribution is 2.28. The number of rotatable bonds is 4. The molecule has 0 aliphatic carbocycles. The molecule has 17 heavy (non-hydrogen) atoms. The third-order valence-electron chi connectivity index (χ3n) is 2.11. The van der Waals surface area contributed by atoms with Gasteiger partial charge in [-0.25, -0.2) is 0 Å². The lowest BCUT2D eigenvalue weighted by molar-refractivity contribution is -0.122. The molecule has 2 rings (SSSR count). The Labute approximate surface area is 104 Å². The fraction of sp³-hybridized carbons (Fsp3) is 0.364. The number of benzene rings is 1. The Morgan fingerprint density at radius 1 is 1.41 bits per heavy atom. The maximum absolute atomic E-state index is 9.38. The zero-order valence-electron chi connectivity index (χ0n) is 8.95. The molecule has 5 nitrogen and oxygen atoms in total. The van der Waals surface area contributed by atoms with Crippen LogP contribution in [0.5, 0.6) is 11.5 Å². The van der Waals surface area contributed by atoms with Gasteiger partial charge in [0.1, 0.15) is 18.8 Å². The normalized spacial score (nSPS) is 21.0. The Kier molecular flexibility index (Phi) is 5.59. The van der Waals surface area contributed by atoms with Crippen molar-refractivity contribution in [3.63, 3.8) is 0 Å². The number of epoxide rings is 1. The number of phenols is 1. The van der Waals surface area contributed by atoms with Crippen molar-refractivity contribution in [3.8, 4) is 11.5 Å². The van der Waals surface area contributed by atoms with E-state index >= 15 is 0 Å². The van der Waals surface area contributed by atoms with E-state index in [0.717, 1.165) is 0 Å². The number of carboxylic acid groups (broad SMARTS) is 1. The molecule has 0 aromatic heterocycles. The van der Waals surface area contributed by atoms with Crippen LogP contribution in [0.15, 0.2) is 24.3 Å². The monoisotopic (exact) mass is 260 g/mol. The molecule has 1 heterocycles. The molecule has 1 aromatic carbocycles. The smallest absolute Gasteiger partial charge is 0.290 e. The van der Waals surface area contributed by atoms with E-state index in [4.69, 9.17) is 31.0 Å². The van der Waals surface area contributed by atoms with E-state index in [2.05, 4.69) is 0 Å². The molecule has 94 valence electrons. The standard InChI is InChI=1S/C10H11ClO3.CH2O2/c11-5-9-10(14-9)6-13-8-4-2-1-3-7(8)12;2-1-3/h1-4,9-10,12H,5-6H2;1H,(H,2,3). The van der Waals surface area contributed by atoms with Gasteiger partial charge in [0.25, 0.3) is 6.47 Å². The summed E-state index contributed by atoms with van der Waals surface area (Å²) in [5.41, 5.74) is 0. The fourth-order valence-corrected chi connectivity index (χ4v) is 1.48. The summed E-state index contributed by atoms with van der Waals surface area (Å²) in [4.78, 5) is 8.36. The van der Waals surface area contributed by atoms with Crippen molar-refractivity contribution in [1.82, 2.24) is 0 Å². The van der Waals surface area contributed by atoms with Crippen LogP contribution in [0.2, 0.25) is 0 Å². The number of hydrogen-bond donors (Lipinski definition) is 2. The molecule has 6 heteroatoms. The van der Waals surface area contributed by atoms with E-state index in [9.17, 15) is 5.11 Å². The molecule has 0 radical (unpaired) electrons. The van der Waals surface area contributed by atoms with Crippen molar-refractivity contribution in [2.75, 3.05) is 12.5 Å². The van der Waals surface area contributed by atoms with Gasteiger partial charge in [-0.05, 0) is 12.1 Å². The first-order chi connectivity index (χ1) is 8.22. The van der Waals surface area contributed by atoms with Gasteiger partial charge >= 0.3 is 0 Å². The van der Waals surface area contributed by atoms with Gasteiger partial charge in [-0.15, -0.1) is 11.6 Å². The maximum Gasteiger partial charge on any atom is 0.290 e. The van der Waals surface area contributed by atoms with Crippen LogP contribution in [0.4, 0.5) is 0 Å². The van der Waals surface area contributed by atoms with E-state index in [-0.39, 0.29) is 24.4 Å². The lowest BCUT2D eigenvalue weighted by Crippen LogP contribution is -2.08. The summed E-state index contributed by atoms with van der Waals surface area (Å²) in [6, 6.07) is 6.86. The van der Waals surface area contributed by atoms with Crippen molar-refractivity contribution < 1.29 is 24.5 Å². The number of para-hydroxylation sites is 2. The second kappa shape index (κ2) is 6.98. The van der Waals surface area contributed by atoms with Crippen LogP contribution in [-0.2, 0) is 9.53 Å². The summed E-state index contributed by atoms with van der Waals surface area (Å²) >= 11 is 5.58. The third-order valence-corrected chi connectivity index (χ3v) is 2.41. The van der Waals surface area contributed by atoms with Crippen LogP contribution in [0.25, 0.3) is 0 Å². The third kappa shape index (κ3) is 4.50. The molecule has 1 aromatic rings. The summed E-state index contributed by atoms with van der Waals surface area (Å²) < 4.78 is 10.5. The van der Waals surface area contributed by atoms with Crippen molar-refractivity contribution in [1.29, 1.82) is 0 Å². The molecule has 1 aliphatic rings. The summed E-state index contributed by atoms with van der Waals surface area (Å²) in [5, 5.41) is 16.3. The second-order valence-electron chi connectivity index (χ2n) is 3.25. The topological polar surface area (TPSA) is 79.3 Å². The minimum Gasteiger partial charge on any atom is -0.504 e. The minimum atomic E-state index is -0.250. The van der Waals surface area contributed by atoms with Gasteiger partial charge in [-0.3, -0.25) is 4.79 Å². The van der Waals surface area contributed by atoms with Gasteiger partial charge < -0.3 is 19.7 Å². The van der Waals surface area contributed by atoms with Crippen LogP contribution in [0.1, 0.15) is 0 Å². The van der Waals surface area contributed by atoms with E-state index in [1.54, 1.807) is 18.2 Å². The average Bonchev–Trinajstić information content (AvgIpc) is 3.08. The number of phenolic OH excluding ortho intramolecular Hbond substituents is 1. The average molecular weight is 261 g/mol. The summed E-state index contributed by atoms with van der Waals surface area (Å²) in [7, 11) is 0. The van der Waals surface area contributed by atoms with E-state index < -0.39 is 0 Å². The van der Waals surface area contributed by atoms with Gasteiger partial charge in [-0.2, -0.15) is 0 Å². The predicted octanol–water partition coefficient (Wildman–Crippen LogP) is 1.48. The highest BCUT2D eigenvalue weighted by Gasteiger charge is 2.38. The summed E-state index contributed by atoms with van der Waals surface area (Å²) in [5.74, 6) is 1.13. The molecule has 2 unspecified atom stereocenters. The molecular formula is C11H13ClO5. The molecule has 0 spiro atoms.